The van der Waals surface area contributed by atoms with Crippen LogP contribution in [0.1, 0.15) is 11.1 Å². The molecule has 120 valence electrons. The predicted molar refractivity (Wildman–Crippen MR) is 98.3 cm³/mol. The molecule has 2 aromatic rings. The molecule has 0 fully saturated rings. The highest BCUT2D eigenvalue weighted by Gasteiger charge is 2.08. The van der Waals surface area contributed by atoms with Gasteiger partial charge in [-0.15, -0.1) is 5.10 Å². The van der Waals surface area contributed by atoms with E-state index in [2.05, 4.69) is 26.1 Å². The van der Waals surface area contributed by atoms with Crippen LogP contribution < -0.4 is 16.2 Å². The Bertz CT molecular complexity index is 741. The van der Waals surface area contributed by atoms with E-state index in [9.17, 15) is 0 Å². The summed E-state index contributed by atoms with van der Waals surface area (Å²) >= 11 is 15.7. The van der Waals surface area contributed by atoms with Gasteiger partial charge in [0, 0.05) is 25.6 Å². The standard InChI is InChI=1S/C15H13BrCl2N4O/c16-10-4-5-14(9(6-10)7-21-22-15(19)20)23-8-11-12(17)2-1-3-13(11)18/h1-7H,8H2,(H4,19,20,22). The molecule has 0 aromatic heterocycles. The fourth-order valence-corrected chi connectivity index (χ4v) is 2.61. The van der Waals surface area contributed by atoms with Crippen molar-refractivity contribution in [3.63, 3.8) is 0 Å². The van der Waals surface area contributed by atoms with E-state index in [4.69, 9.17) is 39.4 Å². The summed E-state index contributed by atoms with van der Waals surface area (Å²) in [4.78, 5) is 0. The lowest BCUT2D eigenvalue weighted by molar-refractivity contribution is 0.306. The third-order valence-corrected chi connectivity index (χ3v) is 3.98. The van der Waals surface area contributed by atoms with Crippen molar-refractivity contribution in [2.45, 2.75) is 6.61 Å². The van der Waals surface area contributed by atoms with Gasteiger partial charge in [-0.25, -0.2) is 0 Å². The molecule has 4 N–H and O–H groups in total. The molecule has 2 rings (SSSR count). The van der Waals surface area contributed by atoms with E-state index in [0.717, 1.165) is 4.47 Å². The van der Waals surface area contributed by atoms with Crippen LogP contribution >= 0.6 is 39.1 Å². The molecule has 8 heteroatoms. The molecule has 0 amide bonds. The van der Waals surface area contributed by atoms with Crippen LogP contribution in [0.25, 0.3) is 0 Å². The lowest BCUT2D eigenvalue weighted by Gasteiger charge is -2.11. The first-order chi connectivity index (χ1) is 11.0. The second kappa shape index (κ2) is 8.19. The van der Waals surface area contributed by atoms with Crippen LogP contribution in [0.4, 0.5) is 0 Å². The molecule has 23 heavy (non-hydrogen) atoms. The lowest BCUT2D eigenvalue weighted by Crippen LogP contribution is -2.21. The maximum absolute atomic E-state index is 6.14. The SMILES string of the molecule is NC(N)=NN=Cc1cc(Br)ccc1OCc1c(Cl)cccc1Cl. The van der Waals surface area contributed by atoms with Crippen LogP contribution in [0.5, 0.6) is 5.75 Å². The fourth-order valence-electron chi connectivity index (χ4n) is 1.73. The Balaban J connectivity index is 2.23. The van der Waals surface area contributed by atoms with Crippen LogP contribution in [0.3, 0.4) is 0 Å². The Morgan fingerprint density at radius 2 is 1.87 bits per heavy atom. The van der Waals surface area contributed by atoms with Crippen LogP contribution in [0, 0.1) is 0 Å². The summed E-state index contributed by atoms with van der Waals surface area (Å²) in [5, 5.41) is 8.45. The number of rotatable bonds is 5. The normalized spacial score (nSPS) is 10.7. The molecule has 0 spiro atoms. The highest BCUT2D eigenvalue weighted by atomic mass is 79.9. The molecule has 0 radical (unpaired) electrons. The van der Waals surface area contributed by atoms with Crippen LogP contribution in [-0.4, -0.2) is 12.2 Å². The minimum atomic E-state index is -0.124. The average Bonchev–Trinajstić information content (AvgIpc) is 2.48. The van der Waals surface area contributed by atoms with Crippen molar-refractivity contribution in [3.8, 4) is 5.75 Å². The summed E-state index contributed by atoms with van der Waals surface area (Å²) < 4.78 is 6.67. The number of hydrogen-bond acceptors (Lipinski definition) is 3. The Hall–Kier alpha value is -1.76. The predicted octanol–water partition coefficient (Wildman–Crippen LogP) is 3.94. The van der Waals surface area contributed by atoms with E-state index in [-0.39, 0.29) is 12.6 Å². The minimum absolute atomic E-state index is 0.124. The van der Waals surface area contributed by atoms with Gasteiger partial charge in [-0.3, -0.25) is 0 Å². The van der Waals surface area contributed by atoms with Gasteiger partial charge in [0.05, 0.1) is 6.21 Å². The zero-order valence-corrected chi connectivity index (χ0v) is 14.9. The largest absolute Gasteiger partial charge is 0.488 e. The molecule has 0 aliphatic heterocycles. The molecule has 0 aliphatic carbocycles. The molecule has 0 saturated heterocycles. The van der Waals surface area contributed by atoms with E-state index in [0.29, 0.717) is 26.9 Å². The average molecular weight is 416 g/mol. The van der Waals surface area contributed by atoms with Gasteiger partial charge in [-0.2, -0.15) is 5.10 Å². The smallest absolute Gasteiger partial charge is 0.211 e. The Labute approximate surface area is 152 Å². The maximum Gasteiger partial charge on any atom is 0.211 e. The van der Waals surface area contributed by atoms with Crippen molar-refractivity contribution in [1.29, 1.82) is 0 Å². The monoisotopic (exact) mass is 414 g/mol. The molecule has 0 aliphatic rings. The summed E-state index contributed by atoms with van der Waals surface area (Å²) in [6, 6.07) is 10.8. The van der Waals surface area contributed by atoms with Gasteiger partial charge in [0.15, 0.2) is 0 Å². The van der Waals surface area contributed by atoms with E-state index in [1.54, 1.807) is 24.3 Å². The van der Waals surface area contributed by atoms with Crippen molar-refractivity contribution in [2.75, 3.05) is 0 Å². The number of nitrogens with zero attached hydrogens (tertiary/aromatic N) is 2. The lowest BCUT2D eigenvalue weighted by atomic mass is 10.2. The highest BCUT2D eigenvalue weighted by molar-refractivity contribution is 9.10. The summed E-state index contributed by atoms with van der Waals surface area (Å²) in [5.41, 5.74) is 11.9. The topological polar surface area (TPSA) is 86.0 Å². The van der Waals surface area contributed by atoms with Gasteiger partial charge in [0.25, 0.3) is 0 Å². The number of halogens is 3. The highest BCUT2D eigenvalue weighted by Crippen LogP contribution is 2.27. The second-order valence-corrected chi connectivity index (χ2v) is 6.17. The minimum Gasteiger partial charge on any atom is -0.488 e. The van der Waals surface area contributed by atoms with E-state index in [1.165, 1.54) is 6.21 Å². The van der Waals surface area contributed by atoms with Gasteiger partial charge in [-0.1, -0.05) is 45.2 Å². The zero-order chi connectivity index (χ0) is 16.8. The van der Waals surface area contributed by atoms with Crippen molar-refractivity contribution >= 4 is 51.3 Å². The van der Waals surface area contributed by atoms with Crippen LogP contribution in [0.15, 0.2) is 51.1 Å². The van der Waals surface area contributed by atoms with Crippen LogP contribution in [0.2, 0.25) is 10.0 Å². The maximum atomic E-state index is 6.14. The zero-order valence-electron chi connectivity index (χ0n) is 11.8. The molecule has 5 nitrogen and oxygen atoms in total. The van der Waals surface area contributed by atoms with Crippen LogP contribution in [-0.2, 0) is 6.61 Å². The summed E-state index contributed by atoms with van der Waals surface area (Å²) in [6.07, 6.45) is 1.49. The third kappa shape index (κ3) is 5.13. The van der Waals surface area contributed by atoms with Gasteiger partial charge < -0.3 is 16.2 Å². The summed E-state index contributed by atoms with van der Waals surface area (Å²) in [5.74, 6) is 0.472. The first-order valence-corrected chi connectivity index (χ1v) is 7.99. The Kier molecular flexibility index (Phi) is 6.27. The second-order valence-electron chi connectivity index (χ2n) is 4.44. The van der Waals surface area contributed by atoms with Gasteiger partial charge in [-0.05, 0) is 30.3 Å². The third-order valence-electron chi connectivity index (χ3n) is 2.78. The molecule has 0 heterocycles. The first-order valence-electron chi connectivity index (χ1n) is 6.44. The number of benzene rings is 2. The Morgan fingerprint density at radius 1 is 1.17 bits per heavy atom. The fraction of sp³-hybridized carbons (Fsp3) is 0.0667. The number of guanidine groups is 1. The summed E-state index contributed by atoms with van der Waals surface area (Å²) in [6.45, 7) is 0.225. The van der Waals surface area contributed by atoms with Crippen molar-refractivity contribution in [3.05, 3.63) is 62.0 Å². The van der Waals surface area contributed by atoms with Gasteiger partial charge >= 0.3 is 0 Å². The van der Waals surface area contributed by atoms with Crippen molar-refractivity contribution < 1.29 is 4.74 Å². The quantitative estimate of drug-likeness (QED) is 0.440. The molecular formula is C15H13BrCl2N4O. The van der Waals surface area contributed by atoms with Gasteiger partial charge in [0.1, 0.15) is 12.4 Å². The molecular weight excluding hydrogens is 403 g/mol. The molecule has 0 bridgehead atoms. The molecule has 0 saturated carbocycles. The van der Waals surface area contributed by atoms with Gasteiger partial charge in [0.2, 0.25) is 5.96 Å². The number of hydrogen-bond donors (Lipinski definition) is 2. The number of nitrogens with two attached hydrogens (primary N) is 2. The molecule has 0 unspecified atom stereocenters. The number of ether oxygens (including phenoxy) is 1. The van der Waals surface area contributed by atoms with E-state index >= 15 is 0 Å². The van der Waals surface area contributed by atoms with Crippen molar-refractivity contribution in [1.82, 2.24) is 0 Å². The first kappa shape index (κ1) is 17.6. The summed E-state index contributed by atoms with van der Waals surface area (Å²) in [7, 11) is 0. The Morgan fingerprint density at radius 3 is 2.52 bits per heavy atom. The molecule has 0 atom stereocenters. The molecule has 2 aromatic carbocycles. The van der Waals surface area contributed by atoms with Crippen molar-refractivity contribution in [2.24, 2.45) is 21.7 Å². The van der Waals surface area contributed by atoms with E-state index in [1.807, 2.05) is 12.1 Å². The van der Waals surface area contributed by atoms with E-state index < -0.39 is 0 Å².